The number of thioether (sulfide) groups is 1. The van der Waals surface area contributed by atoms with E-state index < -0.39 is 11.7 Å². The number of ether oxygens (including phenoxy) is 1. The van der Waals surface area contributed by atoms with Crippen LogP contribution < -0.4 is 15.4 Å². The van der Waals surface area contributed by atoms with Crippen molar-refractivity contribution in [3.63, 3.8) is 0 Å². The number of benzene rings is 3. The molecule has 5 nitrogen and oxygen atoms in total. The molecule has 0 fully saturated rings. The Morgan fingerprint density at radius 3 is 2.19 bits per heavy atom. The van der Waals surface area contributed by atoms with Crippen LogP contribution in [0, 0.1) is 5.82 Å². The van der Waals surface area contributed by atoms with Crippen LogP contribution in [0.25, 0.3) is 0 Å². The van der Waals surface area contributed by atoms with E-state index in [4.69, 9.17) is 4.74 Å². The second-order valence-electron chi connectivity index (χ2n) is 6.67. The number of carbonyl (C=O) groups excluding carboxylic acids is 2. The molecule has 0 bridgehead atoms. The van der Waals surface area contributed by atoms with E-state index in [1.165, 1.54) is 30.0 Å². The summed E-state index contributed by atoms with van der Waals surface area (Å²) in [6, 6.07) is 20.1. The molecule has 3 aromatic carbocycles. The summed E-state index contributed by atoms with van der Waals surface area (Å²) in [5, 5.41) is 5.23. The van der Waals surface area contributed by atoms with Crippen LogP contribution in [0.1, 0.15) is 24.2 Å². The molecule has 0 aliphatic rings. The molecule has 0 saturated heterocycles. The molecule has 160 valence electrons. The van der Waals surface area contributed by atoms with E-state index in [1.807, 2.05) is 38.1 Å². The van der Waals surface area contributed by atoms with Gasteiger partial charge in [-0.05, 0) is 74.5 Å². The molecule has 0 aliphatic heterocycles. The Balaban J connectivity index is 1.54. The Morgan fingerprint density at radius 2 is 1.55 bits per heavy atom. The minimum Gasteiger partial charge on any atom is -0.494 e. The average Bonchev–Trinajstić information content (AvgIpc) is 2.77. The molecule has 2 amide bonds. The zero-order valence-electron chi connectivity index (χ0n) is 17.2. The lowest BCUT2D eigenvalue weighted by atomic mass is 10.2. The van der Waals surface area contributed by atoms with Crippen molar-refractivity contribution >= 4 is 35.0 Å². The average molecular weight is 439 g/mol. The molecule has 0 aliphatic carbocycles. The number of rotatable bonds is 8. The predicted molar refractivity (Wildman–Crippen MR) is 122 cm³/mol. The van der Waals surface area contributed by atoms with E-state index in [0.717, 1.165) is 10.6 Å². The number of nitrogens with one attached hydrogen (secondary N) is 2. The van der Waals surface area contributed by atoms with Gasteiger partial charge in [0.2, 0.25) is 5.91 Å². The van der Waals surface area contributed by atoms with Crippen molar-refractivity contribution < 1.29 is 18.7 Å². The molecule has 3 rings (SSSR count). The van der Waals surface area contributed by atoms with Gasteiger partial charge in [-0.1, -0.05) is 12.1 Å². The summed E-state index contributed by atoms with van der Waals surface area (Å²) in [6.45, 7) is 4.32. The third kappa shape index (κ3) is 6.33. The summed E-state index contributed by atoms with van der Waals surface area (Å²) in [5.74, 6) is -0.447. The first-order valence-corrected chi connectivity index (χ1v) is 10.7. The van der Waals surface area contributed by atoms with Gasteiger partial charge >= 0.3 is 0 Å². The van der Waals surface area contributed by atoms with Crippen molar-refractivity contribution in [2.75, 3.05) is 17.2 Å². The van der Waals surface area contributed by atoms with E-state index in [2.05, 4.69) is 10.6 Å². The van der Waals surface area contributed by atoms with Crippen LogP contribution in [0.5, 0.6) is 5.75 Å². The third-order valence-electron chi connectivity index (χ3n) is 4.35. The maximum atomic E-state index is 13.7. The molecule has 2 N–H and O–H groups in total. The first kappa shape index (κ1) is 22.4. The summed E-state index contributed by atoms with van der Waals surface area (Å²) in [5.41, 5.74) is 1.23. The number of carbonyl (C=O) groups is 2. The van der Waals surface area contributed by atoms with Gasteiger partial charge in [-0.3, -0.25) is 9.59 Å². The van der Waals surface area contributed by atoms with Gasteiger partial charge in [-0.2, -0.15) is 0 Å². The molecule has 1 unspecified atom stereocenters. The quantitative estimate of drug-likeness (QED) is 0.450. The first-order chi connectivity index (χ1) is 15.0. The van der Waals surface area contributed by atoms with Gasteiger partial charge < -0.3 is 15.4 Å². The molecule has 0 radical (unpaired) electrons. The number of anilines is 2. The maximum absolute atomic E-state index is 13.7. The summed E-state index contributed by atoms with van der Waals surface area (Å²) in [4.78, 5) is 25.5. The highest BCUT2D eigenvalue weighted by atomic mass is 32.2. The summed E-state index contributed by atoms with van der Waals surface area (Å²) >= 11 is 1.40. The Bertz CT molecular complexity index is 1040. The highest BCUT2D eigenvalue weighted by molar-refractivity contribution is 8.00. The van der Waals surface area contributed by atoms with Gasteiger partial charge in [0, 0.05) is 16.3 Å². The van der Waals surface area contributed by atoms with E-state index in [0.29, 0.717) is 18.0 Å². The fourth-order valence-electron chi connectivity index (χ4n) is 2.76. The molecular weight excluding hydrogens is 415 g/mol. The van der Waals surface area contributed by atoms with Crippen LogP contribution in [0.4, 0.5) is 15.8 Å². The molecule has 1 atom stereocenters. The van der Waals surface area contributed by atoms with Gasteiger partial charge in [0.1, 0.15) is 11.6 Å². The molecule has 3 aromatic rings. The van der Waals surface area contributed by atoms with Crippen LogP contribution in [0.15, 0.2) is 77.7 Å². The standard InChI is InChI=1S/C24H23FN2O3S/c1-3-30-19-12-8-17(9-13-19)26-23(28)16(2)31-20-14-10-18(11-15-20)27-24(29)21-6-4-5-7-22(21)25/h4-16H,3H2,1-2H3,(H,26,28)(H,27,29). The zero-order valence-corrected chi connectivity index (χ0v) is 18.0. The molecule has 0 aromatic heterocycles. The van der Waals surface area contributed by atoms with E-state index in [-0.39, 0.29) is 16.7 Å². The van der Waals surface area contributed by atoms with Crippen molar-refractivity contribution in [3.8, 4) is 5.75 Å². The van der Waals surface area contributed by atoms with Crippen molar-refractivity contribution in [2.45, 2.75) is 24.0 Å². The normalized spacial score (nSPS) is 11.5. The number of amides is 2. The zero-order chi connectivity index (χ0) is 22.2. The van der Waals surface area contributed by atoms with E-state index in [9.17, 15) is 14.0 Å². The lowest BCUT2D eigenvalue weighted by Crippen LogP contribution is -2.22. The fraction of sp³-hybridized carbons (Fsp3) is 0.167. The summed E-state index contributed by atoms with van der Waals surface area (Å²) < 4.78 is 19.1. The fourth-order valence-corrected chi connectivity index (χ4v) is 3.63. The topological polar surface area (TPSA) is 67.4 Å². The van der Waals surface area contributed by atoms with Crippen LogP contribution >= 0.6 is 11.8 Å². The van der Waals surface area contributed by atoms with Crippen LogP contribution in [0.3, 0.4) is 0 Å². The van der Waals surface area contributed by atoms with Crippen molar-refractivity contribution in [1.29, 1.82) is 0 Å². The van der Waals surface area contributed by atoms with Crippen LogP contribution in [-0.2, 0) is 4.79 Å². The number of hydrogen-bond donors (Lipinski definition) is 2. The third-order valence-corrected chi connectivity index (χ3v) is 5.46. The Kier molecular flexibility index (Phi) is 7.67. The van der Waals surface area contributed by atoms with Gasteiger partial charge in [0.15, 0.2) is 0 Å². The van der Waals surface area contributed by atoms with E-state index in [1.54, 1.807) is 30.3 Å². The second-order valence-corrected chi connectivity index (χ2v) is 8.08. The van der Waals surface area contributed by atoms with Crippen molar-refractivity contribution in [3.05, 3.63) is 84.2 Å². The van der Waals surface area contributed by atoms with E-state index >= 15 is 0 Å². The summed E-state index contributed by atoms with van der Waals surface area (Å²) in [7, 11) is 0. The Hall–Kier alpha value is -3.32. The Labute approximate surface area is 185 Å². The molecule has 7 heteroatoms. The van der Waals surface area contributed by atoms with Crippen molar-refractivity contribution in [2.24, 2.45) is 0 Å². The minimum atomic E-state index is -0.570. The lowest BCUT2D eigenvalue weighted by molar-refractivity contribution is -0.115. The van der Waals surface area contributed by atoms with Gasteiger partial charge in [-0.25, -0.2) is 4.39 Å². The number of hydrogen-bond acceptors (Lipinski definition) is 4. The highest BCUT2D eigenvalue weighted by Gasteiger charge is 2.15. The monoisotopic (exact) mass is 438 g/mol. The highest BCUT2D eigenvalue weighted by Crippen LogP contribution is 2.26. The molecule has 31 heavy (non-hydrogen) atoms. The first-order valence-electron chi connectivity index (χ1n) is 9.82. The van der Waals surface area contributed by atoms with Crippen LogP contribution in [0.2, 0.25) is 0 Å². The van der Waals surface area contributed by atoms with Gasteiger partial charge in [-0.15, -0.1) is 11.8 Å². The van der Waals surface area contributed by atoms with Gasteiger partial charge in [0.05, 0.1) is 17.4 Å². The summed E-state index contributed by atoms with van der Waals surface area (Å²) in [6.07, 6.45) is 0. The SMILES string of the molecule is CCOc1ccc(NC(=O)C(C)Sc2ccc(NC(=O)c3ccccc3F)cc2)cc1. The molecular formula is C24H23FN2O3S. The smallest absolute Gasteiger partial charge is 0.258 e. The second kappa shape index (κ2) is 10.6. The molecule has 0 saturated carbocycles. The minimum absolute atomic E-state index is 0.0134. The van der Waals surface area contributed by atoms with Crippen molar-refractivity contribution in [1.82, 2.24) is 0 Å². The molecule has 0 heterocycles. The van der Waals surface area contributed by atoms with Crippen LogP contribution in [-0.4, -0.2) is 23.7 Å². The predicted octanol–water partition coefficient (Wildman–Crippen LogP) is 5.60. The molecule has 0 spiro atoms. The largest absolute Gasteiger partial charge is 0.494 e. The maximum Gasteiger partial charge on any atom is 0.258 e. The van der Waals surface area contributed by atoms with Gasteiger partial charge in [0.25, 0.3) is 5.91 Å². The Morgan fingerprint density at radius 1 is 0.935 bits per heavy atom. The number of halogens is 1. The lowest BCUT2D eigenvalue weighted by Gasteiger charge is -2.13.